The van der Waals surface area contributed by atoms with E-state index in [2.05, 4.69) is 4.98 Å². The molecule has 2 aromatic rings. The molecule has 0 saturated heterocycles. The van der Waals surface area contributed by atoms with Gasteiger partial charge in [-0.25, -0.2) is 9.78 Å². The molecule has 3 nitrogen and oxygen atoms in total. The normalized spacial score (nSPS) is 10.8. The molecule has 0 bridgehead atoms. The number of carbonyl (C=O) groups is 1. The molecule has 0 saturated carbocycles. The maximum atomic E-state index is 10.3. The first-order valence-electron chi connectivity index (χ1n) is 5.15. The predicted octanol–water partition coefficient (Wildman–Crippen LogP) is 2.99. The van der Waals surface area contributed by atoms with Crippen LogP contribution in [0.2, 0.25) is 0 Å². The van der Waals surface area contributed by atoms with Gasteiger partial charge in [-0.1, -0.05) is 36.4 Å². The summed E-state index contributed by atoms with van der Waals surface area (Å²) in [6.45, 7) is 0. The van der Waals surface area contributed by atoms with Crippen molar-refractivity contribution in [2.75, 3.05) is 0 Å². The number of nitrogens with zero attached hydrogens (tertiary/aromatic N) is 1. The number of carboxylic acids is 1. The van der Waals surface area contributed by atoms with Crippen LogP contribution in [0.4, 0.5) is 0 Å². The second-order valence-corrected chi connectivity index (χ2v) is 4.38. The van der Waals surface area contributed by atoms with Gasteiger partial charge in [0.2, 0.25) is 0 Å². The average molecular weight is 245 g/mol. The Hall–Kier alpha value is -1.94. The fourth-order valence-electron chi connectivity index (χ4n) is 1.41. The summed E-state index contributed by atoms with van der Waals surface area (Å²) in [5, 5.41) is 11.4. The Bertz CT molecular complexity index is 531. The van der Waals surface area contributed by atoms with Crippen LogP contribution in [0.15, 0.2) is 47.9 Å². The first-order chi connectivity index (χ1) is 8.25. The van der Waals surface area contributed by atoms with E-state index in [-0.39, 0.29) is 0 Å². The van der Waals surface area contributed by atoms with Gasteiger partial charge in [-0.05, 0) is 0 Å². The van der Waals surface area contributed by atoms with E-state index in [1.54, 1.807) is 17.4 Å². The van der Waals surface area contributed by atoms with E-state index in [0.717, 1.165) is 22.3 Å². The van der Waals surface area contributed by atoms with Crippen LogP contribution in [0.1, 0.15) is 5.01 Å². The van der Waals surface area contributed by atoms with Crippen LogP contribution in [0, 0.1) is 0 Å². The van der Waals surface area contributed by atoms with Gasteiger partial charge < -0.3 is 5.11 Å². The number of aliphatic carboxylic acids is 1. The minimum absolute atomic E-state index is 0.559. The Kier molecular flexibility index (Phi) is 3.67. The van der Waals surface area contributed by atoms with Crippen LogP contribution in [0.3, 0.4) is 0 Å². The number of carboxylic acid groups (broad SMARTS) is 1. The van der Waals surface area contributed by atoms with Gasteiger partial charge in [0.15, 0.2) is 0 Å². The van der Waals surface area contributed by atoms with Gasteiger partial charge in [0.05, 0.1) is 10.7 Å². The van der Waals surface area contributed by atoms with Crippen LogP contribution < -0.4 is 0 Å². The molecule has 0 aliphatic carbocycles. The molecule has 4 heteroatoms. The number of hydrogen-bond donors (Lipinski definition) is 1. The van der Waals surface area contributed by atoms with E-state index in [4.69, 9.17) is 5.11 Å². The third kappa shape index (κ3) is 3.26. The molecule has 0 aliphatic rings. The van der Waals surface area contributed by atoms with Crippen molar-refractivity contribution in [1.29, 1.82) is 0 Å². The van der Waals surface area contributed by atoms with Crippen molar-refractivity contribution in [2.24, 2.45) is 0 Å². The lowest BCUT2D eigenvalue weighted by molar-refractivity contribution is -0.131. The van der Waals surface area contributed by atoms with Gasteiger partial charge in [-0.2, -0.15) is 0 Å². The maximum absolute atomic E-state index is 10.3. The molecule has 1 N–H and O–H groups in total. The quantitative estimate of drug-likeness (QED) is 0.842. The molecule has 1 aromatic heterocycles. The minimum Gasteiger partial charge on any atom is -0.478 e. The number of allylic oxidation sites excluding steroid dienone is 1. The molecular weight excluding hydrogens is 234 g/mol. The van der Waals surface area contributed by atoms with Crippen molar-refractivity contribution in [3.8, 4) is 11.3 Å². The van der Waals surface area contributed by atoms with E-state index < -0.39 is 5.97 Å². The zero-order valence-electron chi connectivity index (χ0n) is 9.04. The monoisotopic (exact) mass is 245 g/mol. The summed E-state index contributed by atoms with van der Waals surface area (Å²) in [5.74, 6) is -0.926. The molecule has 2 rings (SSSR count). The molecule has 17 heavy (non-hydrogen) atoms. The summed E-state index contributed by atoms with van der Waals surface area (Å²) in [4.78, 5) is 14.8. The fourth-order valence-corrected chi connectivity index (χ4v) is 2.19. The summed E-state index contributed by atoms with van der Waals surface area (Å²) in [5.41, 5.74) is 2.02. The summed E-state index contributed by atoms with van der Waals surface area (Å²) in [7, 11) is 0. The second-order valence-electron chi connectivity index (χ2n) is 3.44. The molecule has 1 aromatic carbocycles. The standard InChI is InChI=1S/C13H11NO2S/c15-13(16)8-4-7-12-14-11(9-17-12)10-5-2-1-3-6-10/h1-6,8-9H,7H2,(H,15,16). The van der Waals surface area contributed by atoms with Gasteiger partial charge in [-0.15, -0.1) is 11.3 Å². The van der Waals surface area contributed by atoms with Crippen LogP contribution in [-0.2, 0) is 11.2 Å². The average Bonchev–Trinajstić information content (AvgIpc) is 2.78. The summed E-state index contributed by atoms with van der Waals surface area (Å²) < 4.78 is 0. The van der Waals surface area contributed by atoms with E-state index in [1.165, 1.54) is 0 Å². The van der Waals surface area contributed by atoms with Crippen LogP contribution in [-0.4, -0.2) is 16.1 Å². The van der Waals surface area contributed by atoms with Gasteiger partial charge in [0.1, 0.15) is 0 Å². The molecular formula is C13H11NO2S. The largest absolute Gasteiger partial charge is 0.478 e. The molecule has 0 aliphatic heterocycles. The molecule has 0 fully saturated rings. The highest BCUT2D eigenvalue weighted by Crippen LogP contribution is 2.21. The first kappa shape index (κ1) is 11.5. The van der Waals surface area contributed by atoms with E-state index >= 15 is 0 Å². The number of hydrogen-bond acceptors (Lipinski definition) is 3. The third-order valence-electron chi connectivity index (χ3n) is 2.17. The number of thiazole rings is 1. The summed E-state index contributed by atoms with van der Waals surface area (Å²) in [6, 6.07) is 9.92. The Morgan fingerprint density at radius 1 is 1.35 bits per heavy atom. The molecule has 0 unspecified atom stereocenters. The van der Waals surface area contributed by atoms with Crippen LogP contribution in [0.5, 0.6) is 0 Å². The number of aromatic nitrogens is 1. The fraction of sp³-hybridized carbons (Fsp3) is 0.0769. The molecule has 1 heterocycles. The smallest absolute Gasteiger partial charge is 0.327 e. The minimum atomic E-state index is -0.926. The van der Waals surface area contributed by atoms with Crippen molar-refractivity contribution in [2.45, 2.75) is 6.42 Å². The van der Waals surface area contributed by atoms with E-state index in [0.29, 0.717) is 6.42 Å². The van der Waals surface area contributed by atoms with Gasteiger partial charge >= 0.3 is 5.97 Å². The van der Waals surface area contributed by atoms with Gasteiger partial charge in [-0.3, -0.25) is 0 Å². The number of benzene rings is 1. The molecule has 0 spiro atoms. The summed E-state index contributed by atoms with van der Waals surface area (Å²) in [6.07, 6.45) is 3.31. The lowest BCUT2D eigenvalue weighted by atomic mass is 10.2. The van der Waals surface area contributed by atoms with Crippen molar-refractivity contribution < 1.29 is 9.90 Å². The van der Waals surface area contributed by atoms with Crippen molar-refractivity contribution in [1.82, 2.24) is 4.98 Å². The highest BCUT2D eigenvalue weighted by Gasteiger charge is 2.02. The Morgan fingerprint density at radius 3 is 2.82 bits per heavy atom. The predicted molar refractivity (Wildman–Crippen MR) is 68.0 cm³/mol. The Balaban J connectivity index is 2.09. The van der Waals surface area contributed by atoms with Crippen molar-refractivity contribution >= 4 is 17.3 Å². The molecule has 0 amide bonds. The zero-order chi connectivity index (χ0) is 12.1. The van der Waals surface area contributed by atoms with Crippen LogP contribution >= 0.6 is 11.3 Å². The van der Waals surface area contributed by atoms with E-state index in [9.17, 15) is 4.79 Å². The first-order valence-corrected chi connectivity index (χ1v) is 6.03. The topological polar surface area (TPSA) is 50.2 Å². The molecule has 86 valence electrons. The third-order valence-corrected chi connectivity index (χ3v) is 3.05. The Labute approximate surface area is 103 Å². The molecule has 0 atom stereocenters. The van der Waals surface area contributed by atoms with Crippen molar-refractivity contribution in [3.05, 3.63) is 52.9 Å². The molecule has 0 radical (unpaired) electrons. The highest BCUT2D eigenvalue weighted by molar-refractivity contribution is 7.10. The van der Waals surface area contributed by atoms with E-state index in [1.807, 2.05) is 35.7 Å². The van der Waals surface area contributed by atoms with Crippen molar-refractivity contribution in [3.63, 3.8) is 0 Å². The lowest BCUT2D eigenvalue weighted by Gasteiger charge is -1.93. The maximum Gasteiger partial charge on any atom is 0.327 e. The lowest BCUT2D eigenvalue weighted by Crippen LogP contribution is -1.87. The van der Waals surface area contributed by atoms with Gasteiger partial charge in [0.25, 0.3) is 0 Å². The summed E-state index contributed by atoms with van der Waals surface area (Å²) >= 11 is 1.54. The number of rotatable bonds is 4. The van der Waals surface area contributed by atoms with Gasteiger partial charge in [0, 0.05) is 23.4 Å². The SMILES string of the molecule is O=C(O)C=CCc1nc(-c2ccccc2)cs1. The second kappa shape index (κ2) is 5.41. The highest BCUT2D eigenvalue weighted by atomic mass is 32.1. The zero-order valence-corrected chi connectivity index (χ0v) is 9.85. The Morgan fingerprint density at radius 2 is 2.12 bits per heavy atom. The van der Waals surface area contributed by atoms with Crippen LogP contribution in [0.25, 0.3) is 11.3 Å².